The first-order valence-electron chi connectivity index (χ1n) is 5.36. The molecule has 104 valence electrons. The van der Waals surface area contributed by atoms with E-state index in [1.165, 1.54) is 11.8 Å². The summed E-state index contributed by atoms with van der Waals surface area (Å²) in [5.74, 6) is 1.66. The second kappa shape index (κ2) is 7.52. The van der Waals surface area contributed by atoms with Gasteiger partial charge in [0.25, 0.3) is 0 Å². The lowest BCUT2D eigenvalue weighted by atomic mass is 10.2. The van der Waals surface area contributed by atoms with E-state index in [2.05, 4.69) is 10.2 Å². The molecule has 0 aliphatic rings. The van der Waals surface area contributed by atoms with Crippen LogP contribution in [-0.4, -0.2) is 39.0 Å². The molecule has 1 rings (SSSR count). The van der Waals surface area contributed by atoms with Gasteiger partial charge in [-0.15, -0.1) is 5.10 Å². The van der Waals surface area contributed by atoms with Crippen LogP contribution in [-0.2, 0) is 0 Å². The van der Waals surface area contributed by atoms with Crippen molar-refractivity contribution in [3.8, 4) is 17.2 Å². The van der Waals surface area contributed by atoms with Gasteiger partial charge in [0.15, 0.2) is 16.7 Å². The third-order valence-corrected chi connectivity index (χ3v) is 2.76. The van der Waals surface area contributed by atoms with Crippen LogP contribution in [0.5, 0.6) is 17.2 Å². The normalized spacial score (nSPS) is 11.7. The molecule has 1 aromatic rings. The SMILES string of the molecule is COc1cc(/C=N\N=C(/N)SC)cc(OC)c1OC. The summed E-state index contributed by atoms with van der Waals surface area (Å²) in [6.07, 6.45) is 3.39. The highest BCUT2D eigenvalue weighted by atomic mass is 32.2. The fourth-order valence-corrected chi connectivity index (χ4v) is 1.50. The zero-order valence-electron chi connectivity index (χ0n) is 11.3. The molecule has 6 nitrogen and oxygen atoms in total. The summed E-state index contributed by atoms with van der Waals surface area (Å²) < 4.78 is 15.7. The van der Waals surface area contributed by atoms with E-state index in [0.717, 1.165) is 5.56 Å². The molecule has 19 heavy (non-hydrogen) atoms. The van der Waals surface area contributed by atoms with Crippen LogP contribution in [0.4, 0.5) is 0 Å². The summed E-state index contributed by atoms with van der Waals surface area (Å²) in [6, 6.07) is 3.55. The second-order valence-electron chi connectivity index (χ2n) is 3.35. The highest BCUT2D eigenvalue weighted by molar-refractivity contribution is 8.13. The van der Waals surface area contributed by atoms with Crippen molar-refractivity contribution in [2.75, 3.05) is 27.6 Å². The average Bonchev–Trinajstić information content (AvgIpc) is 2.45. The van der Waals surface area contributed by atoms with Crippen molar-refractivity contribution in [2.24, 2.45) is 15.9 Å². The highest BCUT2D eigenvalue weighted by Gasteiger charge is 2.12. The lowest BCUT2D eigenvalue weighted by molar-refractivity contribution is 0.324. The van der Waals surface area contributed by atoms with Crippen molar-refractivity contribution in [1.29, 1.82) is 0 Å². The van der Waals surface area contributed by atoms with Crippen molar-refractivity contribution < 1.29 is 14.2 Å². The van der Waals surface area contributed by atoms with Gasteiger partial charge in [-0.1, -0.05) is 11.8 Å². The van der Waals surface area contributed by atoms with Gasteiger partial charge in [-0.25, -0.2) is 0 Å². The molecule has 0 radical (unpaired) electrons. The highest BCUT2D eigenvalue weighted by Crippen LogP contribution is 2.37. The molecule has 2 N–H and O–H groups in total. The van der Waals surface area contributed by atoms with Gasteiger partial charge >= 0.3 is 0 Å². The summed E-state index contributed by atoms with van der Waals surface area (Å²) in [5, 5.41) is 8.08. The van der Waals surface area contributed by atoms with E-state index in [1.807, 2.05) is 6.26 Å². The van der Waals surface area contributed by atoms with Gasteiger partial charge in [0.05, 0.1) is 27.5 Å². The molecule has 0 saturated heterocycles. The Morgan fingerprint density at radius 2 is 1.74 bits per heavy atom. The summed E-state index contributed by atoms with van der Waals surface area (Å²) in [7, 11) is 4.67. The van der Waals surface area contributed by atoms with Gasteiger partial charge in [-0.3, -0.25) is 0 Å². The number of methoxy groups -OCH3 is 3. The number of hydrogen-bond acceptors (Lipinski definition) is 6. The Labute approximate surface area is 116 Å². The topological polar surface area (TPSA) is 78.4 Å². The predicted molar refractivity (Wildman–Crippen MR) is 78.8 cm³/mol. The van der Waals surface area contributed by atoms with Gasteiger partial charge in [0, 0.05) is 5.56 Å². The smallest absolute Gasteiger partial charge is 0.203 e. The molecule has 1 aromatic carbocycles. The molecule has 0 aliphatic heterocycles. The van der Waals surface area contributed by atoms with Crippen LogP contribution in [0.1, 0.15) is 5.56 Å². The molecule has 0 aromatic heterocycles. The average molecular weight is 283 g/mol. The van der Waals surface area contributed by atoms with Crippen LogP contribution in [0.15, 0.2) is 22.3 Å². The van der Waals surface area contributed by atoms with E-state index in [1.54, 1.807) is 39.7 Å². The number of ether oxygens (including phenoxy) is 3. The summed E-state index contributed by atoms with van der Waals surface area (Å²) in [4.78, 5) is 0. The van der Waals surface area contributed by atoms with Crippen molar-refractivity contribution in [2.45, 2.75) is 0 Å². The standard InChI is InChI=1S/C12H17N3O3S/c1-16-9-5-8(7-14-15-12(13)19-4)6-10(17-2)11(9)18-3/h5-7H,1-4H3,(H2,13,15)/b14-7-. The number of amidine groups is 1. The predicted octanol–water partition coefficient (Wildman–Crippen LogP) is 1.72. The number of nitrogens with two attached hydrogens (primary N) is 1. The molecule has 0 spiro atoms. The molecule has 0 bridgehead atoms. The van der Waals surface area contributed by atoms with E-state index < -0.39 is 0 Å². The molecule has 0 fully saturated rings. The lowest BCUT2D eigenvalue weighted by Gasteiger charge is -2.12. The van der Waals surface area contributed by atoms with E-state index in [0.29, 0.717) is 22.4 Å². The van der Waals surface area contributed by atoms with Crippen molar-refractivity contribution >= 4 is 23.1 Å². The van der Waals surface area contributed by atoms with Crippen LogP contribution in [0.25, 0.3) is 0 Å². The molecule has 0 atom stereocenters. The fraction of sp³-hybridized carbons (Fsp3) is 0.333. The number of thioether (sulfide) groups is 1. The van der Waals surface area contributed by atoms with Gasteiger partial charge < -0.3 is 19.9 Å². The van der Waals surface area contributed by atoms with Crippen LogP contribution in [0.3, 0.4) is 0 Å². The zero-order chi connectivity index (χ0) is 14.3. The third-order valence-electron chi connectivity index (χ3n) is 2.26. The van der Waals surface area contributed by atoms with Crippen LogP contribution in [0.2, 0.25) is 0 Å². The molecule has 0 heterocycles. The minimum Gasteiger partial charge on any atom is -0.493 e. The Balaban J connectivity index is 3.09. The van der Waals surface area contributed by atoms with Crippen molar-refractivity contribution in [3.05, 3.63) is 17.7 Å². The molecule has 0 aliphatic carbocycles. The Hall–Kier alpha value is -1.89. The molecular formula is C12H17N3O3S. The number of rotatable bonds is 5. The summed E-state index contributed by atoms with van der Waals surface area (Å²) in [5.41, 5.74) is 6.30. The monoisotopic (exact) mass is 283 g/mol. The molecule has 7 heteroatoms. The maximum atomic E-state index is 5.52. The van der Waals surface area contributed by atoms with Gasteiger partial charge in [0.1, 0.15) is 0 Å². The molecular weight excluding hydrogens is 266 g/mol. The Morgan fingerprint density at radius 1 is 1.16 bits per heavy atom. The maximum absolute atomic E-state index is 5.52. The Kier molecular flexibility index (Phi) is 6.01. The summed E-state index contributed by atoms with van der Waals surface area (Å²) >= 11 is 1.33. The minimum atomic E-state index is 0.392. The van der Waals surface area contributed by atoms with E-state index in [-0.39, 0.29) is 0 Å². The fourth-order valence-electron chi connectivity index (χ4n) is 1.37. The largest absolute Gasteiger partial charge is 0.493 e. The van der Waals surface area contributed by atoms with Crippen molar-refractivity contribution in [1.82, 2.24) is 0 Å². The van der Waals surface area contributed by atoms with E-state index >= 15 is 0 Å². The third kappa shape index (κ3) is 4.06. The Bertz CT molecular complexity index is 464. The first-order valence-corrected chi connectivity index (χ1v) is 6.59. The first kappa shape index (κ1) is 15.2. The number of benzene rings is 1. The van der Waals surface area contributed by atoms with Gasteiger partial charge in [-0.05, 0) is 18.4 Å². The molecule has 0 unspecified atom stereocenters. The lowest BCUT2D eigenvalue weighted by Crippen LogP contribution is -2.04. The van der Waals surface area contributed by atoms with E-state index in [4.69, 9.17) is 19.9 Å². The zero-order valence-corrected chi connectivity index (χ0v) is 12.2. The van der Waals surface area contributed by atoms with Gasteiger partial charge in [-0.2, -0.15) is 5.10 Å². The van der Waals surface area contributed by atoms with E-state index in [9.17, 15) is 0 Å². The van der Waals surface area contributed by atoms with Gasteiger partial charge in [0.2, 0.25) is 5.75 Å². The number of hydrogen-bond donors (Lipinski definition) is 1. The molecule has 0 amide bonds. The number of nitrogens with zero attached hydrogens (tertiary/aromatic N) is 2. The van der Waals surface area contributed by atoms with Crippen LogP contribution >= 0.6 is 11.8 Å². The van der Waals surface area contributed by atoms with Crippen LogP contribution in [0, 0.1) is 0 Å². The van der Waals surface area contributed by atoms with Crippen LogP contribution < -0.4 is 19.9 Å². The van der Waals surface area contributed by atoms with Crippen molar-refractivity contribution in [3.63, 3.8) is 0 Å². The Morgan fingerprint density at radius 3 is 2.16 bits per heavy atom. The second-order valence-corrected chi connectivity index (χ2v) is 4.17. The maximum Gasteiger partial charge on any atom is 0.203 e. The first-order chi connectivity index (χ1) is 9.15. The summed E-state index contributed by atoms with van der Waals surface area (Å²) in [6.45, 7) is 0. The molecule has 0 saturated carbocycles. The quantitative estimate of drug-likeness (QED) is 0.506. The minimum absolute atomic E-state index is 0.392.